The standard InChI is InChI=1S/C24H25N3O/c1-17-4-7-20(14-25-17)19-8-5-18(6-9-19)16-27-11-2-3-23(27)21-13-24-22(26-15-21)10-12-28-24/h4-9,13-15,23H,2-3,10-12,16H2,1H3/t23-/m0/s1. The number of pyridine rings is 2. The normalized spacial score (nSPS) is 18.8. The van der Waals surface area contributed by atoms with E-state index in [0.29, 0.717) is 6.04 Å². The third kappa shape index (κ3) is 3.40. The highest BCUT2D eigenvalue weighted by Crippen LogP contribution is 2.36. The minimum absolute atomic E-state index is 0.433. The summed E-state index contributed by atoms with van der Waals surface area (Å²) in [5, 5.41) is 0. The Bertz CT molecular complexity index is 966. The summed E-state index contributed by atoms with van der Waals surface area (Å²) in [7, 11) is 0. The van der Waals surface area contributed by atoms with Crippen LogP contribution < -0.4 is 4.74 Å². The van der Waals surface area contributed by atoms with Gasteiger partial charge in [-0.15, -0.1) is 0 Å². The van der Waals surface area contributed by atoms with Gasteiger partial charge in [-0.1, -0.05) is 30.3 Å². The molecule has 0 bridgehead atoms. The summed E-state index contributed by atoms with van der Waals surface area (Å²) in [5.41, 5.74) is 7.18. The Morgan fingerprint density at radius 1 is 1.04 bits per heavy atom. The second-order valence-corrected chi connectivity index (χ2v) is 7.83. The third-order valence-corrected chi connectivity index (χ3v) is 5.88. The maximum atomic E-state index is 5.73. The van der Waals surface area contributed by atoms with E-state index >= 15 is 0 Å². The van der Waals surface area contributed by atoms with E-state index in [9.17, 15) is 0 Å². The zero-order valence-corrected chi connectivity index (χ0v) is 16.3. The van der Waals surface area contributed by atoms with E-state index in [1.165, 1.54) is 35.1 Å². The molecule has 0 aliphatic carbocycles. The molecule has 4 heteroatoms. The molecule has 2 aromatic heterocycles. The predicted octanol–water partition coefficient (Wildman–Crippen LogP) is 4.72. The number of rotatable bonds is 4. The Morgan fingerprint density at radius 3 is 2.71 bits per heavy atom. The molecule has 2 aliphatic rings. The Hall–Kier alpha value is -2.72. The fourth-order valence-corrected chi connectivity index (χ4v) is 4.31. The van der Waals surface area contributed by atoms with Gasteiger partial charge in [-0.25, -0.2) is 0 Å². The fraction of sp³-hybridized carbons (Fsp3) is 0.333. The van der Waals surface area contributed by atoms with Crippen molar-refractivity contribution in [2.24, 2.45) is 0 Å². The number of ether oxygens (including phenoxy) is 1. The van der Waals surface area contributed by atoms with Gasteiger partial charge in [0.1, 0.15) is 5.75 Å². The molecule has 5 rings (SSSR count). The first-order chi connectivity index (χ1) is 13.8. The highest BCUT2D eigenvalue weighted by molar-refractivity contribution is 5.62. The predicted molar refractivity (Wildman–Crippen MR) is 110 cm³/mol. The van der Waals surface area contributed by atoms with Gasteiger partial charge in [-0.3, -0.25) is 14.9 Å². The molecule has 0 spiro atoms. The minimum atomic E-state index is 0.433. The fourth-order valence-electron chi connectivity index (χ4n) is 4.31. The Balaban J connectivity index is 1.31. The summed E-state index contributed by atoms with van der Waals surface area (Å²) in [4.78, 5) is 11.6. The van der Waals surface area contributed by atoms with Crippen LogP contribution in [0, 0.1) is 6.92 Å². The molecule has 142 valence electrons. The topological polar surface area (TPSA) is 38.2 Å². The molecule has 0 N–H and O–H groups in total. The van der Waals surface area contributed by atoms with Crippen molar-refractivity contribution in [1.29, 1.82) is 0 Å². The summed E-state index contributed by atoms with van der Waals surface area (Å²) in [6, 6.07) is 15.7. The first-order valence-electron chi connectivity index (χ1n) is 10.1. The summed E-state index contributed by atoms with van der Waals surface area (Å²) in [5.74, 6) is 0.986. The van der Waals surface area contributed by atoms with Crippen LogP contribution in [0.15, 0.2) is 54.9 Å². The van der Waals surface area contributed by atoms with Gasteiger partial charge in [-0.05, 0) is 55.1 Å². The second-order valence-electron chi connectivity index (χ2n) is 7.83. The van der Waals surface area contributed by atoms with Crippen molar-refractivity contribution >= 4 is 0 Å². The maximum Gasteiger partial charge on any atom is 0.141 e. The van der Waals surface area contributed by atoms with Crippen molar-refractivity contribution in [1.82, 2.24) is 14.9 Å². The summed E-state index contributed by atoms with van der Waals surface area (Å²) in [6.07, 6.45) is 7.36. The number of aromatic nitrogens is 2. The smallest absolute Gasteiger partial charge is 0.141 e. The van der Waals surface area contributed by atoms with Gasteiger partial charge in [0.05, 0.1) is 12.3 Å². The molecule has 0 saturated carbocycles. The van der Waals surface area contributed by atoms with Crippen LogP contribution in [0.25, 0.3) is 11.1 Å². The van der Waals surface area contributed by atoms with E-state index in [1.54, 1.807) is 0 Å². The van der Waals surface area contributed by atoms with E-state index < -0.39 is 0 Å². The quantitative estimate of drug-likeness (QED) is 0.665. The Labute approximate surface area is 166 Å². The largest absolute Gasteiger partial charge is 0.491 e. The average molecular weight is 371 g/mol. The van der Waals surface area contributed by atoms with Crippen LogP contribution in [0.2, 0.25) is 0 Å². The average Bonchev–Trinajstić information content (AvgIpc) is 3.38. The molecule has 2 aliphatic heterocycles. The van der Waals surface area contributed by atoms with E-state index in [1.807, 2.05) is 13.1 Å². The van der Waals surface area contributed by atoms with Gasteiger partial charge in [0.25, 0.3) is 0 Å². The molecule has 0 amide bonds. The van der Waals surface area contributed by atoms with Crippen LogP contribution in [-0.4, -0.2) is 28.0 Å². The van der Waals surface area contributed by atoms with E-state index in [0.717, 1.165) is 43.3 Å². The number of benzene rings is 1. The summed E-state index contributed by atoms with van der Waals surface area (Å²) < 4.78 is 5.73. The molecule has 28 heavy (non-hydrogen) atoms. The highest BCUT2D eigenvalue weighted by Gasteiger charge is 2.27. The number of likely N-dealkylation sites (tertiary alicyclic amines) is 1. The maximum absolute atomic E-state index is 5.73. The summed E-state index contributed by atoms with van der Waals surface area (Å²) in [6.45, 7) is 4.88. The van der Waals surface area contributed by atoms with Crippen LogP contribution >= 0.6 is 0 Å². The molecular formula is C24H25N3O. The zero-order valence-electron chi connectivity index (χ0n) is 16.3. The Kier molecular flexibility index (Phi) is 4.57. The van der Waals surface area contributed by atoms with E-state index in [4.69, 9.17) is 4.74 Å². The van der Waals surface area contributed by atoms with Gasteiger partial charge in [0, 0.05) is 42.7 Å². The van der Waals surface area contributed by atoms with Gasteiger partial charge in [0.2, 0.25) is 0 Å². The van der Waals surface area contributed by atoms with Crippen LogP contribution in [0.1, 0.15) is 41.4 Å². The SMILES string of the molecule is Cc1ccc(-c2ccc(CN3CCC[C@H]3c3cnc4c(c3)OCC4)cc2)cn1. The zero-order chi connectivity index (χ0) is 18.9. The molecule has 1 atom stereocenters. The number of fused-ring (bicyclic) bond motifs is 1. The van der Waals surface area contributed by atoms with Crippen LogP contribution in [0.5, 0.6) is 5.75 Å². The molecule has 0 radical (unpaired) electrons. The van der Waals surface area contributed by atoms with Crippen molar-refractivity contribution in [2.75, 3.05) is 13.2 Å². The van der Waals surface area contributed by atoms with E-state index in [2.05, 4.69) is 63.5 Å². The lowest BCUT2D eigenvalue weighted by molar-refractivity contribution is 0.247. The van der Waals surface area contributed by atoms with Crippen molar-refractivity contribution in [2.45, 2.75) is 38.8 Å². The van der Waals surface area contributed by atoms with Gasteiger partial charge >= 0.3 is 0 Å². The van der Waals surface area contributed by atoms with Crippen molar-refractivity contribution in [3.05, 3.63) is 77.4 Å². The molecular weight excluding hydrogens is 346 g/mol. The molecule has 1 saturated heterocycles. The number of hydrogen-bond donors (Lipinski definition) is 0. The lowest BCUT2D eigenvalue weighted by atomic mass is 10.0. The molecule has 0 unspecified atom stereocenters. The van der Waals surface area contributed by atoms with Crippen LogP contribution in [-0.2, 0) is 13.0 Å². The van der Waals surface area contributed by atoms with Gasteiger partial charge < -0.3 is 4.74 Å². The first kappa shape index (κ1) is 17.4. The van der Waals surface area contributed by atoms with Gasteiger partial charge in [-0.2, -0.15) is 0 Å². The summed E-state index contributed by atoms with van der Waals surface area (Å²) >= 11 is 0. The minimum Gasteiger partial charge on any atom is -0.491 e. The lowest BCUT2D eigenvalue weighted by Crippen LogP contribution is -2.22. The molecule has 1 fully saturated rings. The molecule has 4 heterocycles. The number of nitrogens with zero attached hydrogens (tertiary/aromatic N) is 3. The van der Waals surface area contributed by atoms with Crippen molar-refractivity contribution in [3.63, 3.8) is 0 Å². The second kappa shape index (κ2) is 7.36. The van der Waals surface area contributed by atoms with Crippen molar-refractivity contribution < 1.29 is 4.74 Å². The van der Waals surface area contributed by atoms with Gasteiger partial charge in [0.15, 0.2) is 0 Å². The van der Waals surface area contributed by atoms with Crippen LogP contribution in [0.3, 0.4) is 0 Å². The third-order valence-electron chi connectivity index (χ3n) is 5.88. The molecule has 3 aromatic rings. The number of aryl methyl sites for hydroxylation is 1. The van der Waals surface area contributed by atoms with E-state index in [-0.39, 0.29) is 0 Å². The number of hydrogen-bond acceptors (Lipinski definition) is 4. The molecule has 1 aromatic carbocycles. The van der Waals surface area contributed by atoms with Crippen LogP contribution in [0.4, 0.5) is 0 Å². The van der Waals surface area contributed by atoms with Crippen molar-refractivity contribution in [3.8, 4) is 16.9 Å². The Morgan fingerprint density at radius 2 is 1.89 bits per heavy atom. The monoisotopic (exact) mass is 371 g/mol. The highest BCUT2D eigenvalue weighted by atomic mass is 16.5. The first-order valence-corrected chi connectivity index (χ1v) is 10.1. The lowest BCUT2D eigenvalue weighted by Gasteiger charge is -2.25. The molecule has 4 nitrogen and oxygen atoms in total.